The van der Waals surface area contributed by atoms with Crippen LogP contribution in [0.5, 0.6) is 0 Å². The smallest absolute Gasteiger partial charge is 0.261 e. The molecular formula is C16H14ClN3O3S2. The van der Waals surface area contributed by atoms with Crippen LogP contribution in [0.1, 0.15) is 12.5 Å². The van der Waals surface area contributed by atoms with Crippen molar-refractivity contribution in [2.45, 2.75) is 18.7 Å². The number of carbonyl (C=O) groups is 1. The highest BCUT2D eigenvalue weighted by Crippen LogP contribution is 2.32. The third-order valence-corrected chi connectivity index (χ3v) is 5.86. The van der Waals surface area contributed by atoms with E-state index in [1.807, 2.05) is 6.92 Å². The summed E-state index contributed by atoms with van der Waals surface area (Å²) in [5.41, 5.74) is 1.94. The fourth-order valence-corrected chi connectivity index (χ4v) is 4.68. The maximum Gasteiger partial charge on any atom is 0.261 e. The van der Waals surface area contributed by atoms with Gasteiger partial charge in [-0.2, -0.15) is 0 Å². The van der Waals surface area contributed by atoms with E-state index in [0.717, 1.165) is 15.8 Å². The Balaban J connectivity index is 1.97. The summed E-state index contributed by atoms with van der Waals surface area (Å²) in [7, 11) is -3.75. The first kappa shape index (κ1) is 17.7. The maximum atomic E-state index is 12.5. The summed E-state index contributed by atoms with van der Waals surface area (Å²) < 4.78 is 28.3. The van der Waals surface area contributed by atoms with Crippen LogP contribution < -0.4 is 10.0 Å². The molecule has 0 saturated heterocycles. The number of aryl methyl sites for hydroxylation is 1. The first-order chi connectivity index (χ1) is 11.7. The van der Waals surface area contributed by atoms with Crippen LogP contribution in [0.15, 0.2) is 41.3 Å². The van der Waals surface area contributed by atoms with Gasteiger partial charge in [-0.25, -0.2) is 13.4 Å². The molecule has 130 valence electrons. The zero-order valence-electron chi connectivity index (χ0n) is 13.3. The van der Waals surface area contributed by atoms with Gasteiger partial charge in [0.25, 0.3) is 10.0 Å². The van der Waals surface area contributed by atoms with Crippen LogP contribution in [-0.2, 0) is 14.8 Å². The number of thiazole rings is 1. The second-order valence-corrected chi connectivity index (χ2v) is 8.55. The highest BCUT2D eigenvalue weighted by molar-refractivity contribution is 7.92. The van der Waals surface area contributed by atoms with Gasteiger partial charge in [0, 0.05) is 11.9 Å². The molecule has 2 aromatic carbocycles. The van der Waals surface area contributed by atoms with E-state index in [2.05, 4.69) is 15.0 Å². The Kier molecular flexibility index (Phi) is 4.68. The van der Waals surface area contributed by atoms with Crippen molar-refractivity contribution in [3.63, 3.8) is 0 Å². The molecule has 0 unspecified atom stereocenters. The first-order valence-electron chi connectivity index (χ1n) is 7.22. The normalized spacial score (nSPS) is 11.5. The number of aromatic nitrogens is 1. The van der Waals surface area contributed by atoms with Crippen molar-refractivity contribution in [3.05, 3.63) is 47.0 Å². The van der Waals surface area contributed by atoms with Crippen molar-refractivity contribution in [3.8, 4) is 0 Å². The van der Waals surface area contributed by atoms with Gasteiger partial charge in [-0.3, -0.25) is 9.52 Å². The predicted octanol–water partition coefficient (Wildman–Crippen LogP) is 4.02. The third-order valence-electron chi connectivity index (χ3n) is 3.33. The van der Waals surface area contributed by atoms with E-state index < -0.39 is 10.0 Å². The zero-order valence-corrected chi connectivity index (χ0v) is 15.7. The van der Waals surface area contributed by atoms with Gasteiger partial charge in [-0.05, 0) is 42.8 Å². The quantitative estimate of drug-likeness (QED) is 0.698. The van der Waals surface area contributed by atoms with Gasteiger partial charge < -0.3 is 5.32 Å². The van der Waals surface area contributed by atoms with Crippen molar-refractivity contribution >= 4 is 59.9 Å². The van der Waals surface area contributed by atoms with Crippen LogP contribution in [0.3, 0.4) is 0 Å². The number of amides is 1. The molecule has 2 N–H and O–H groups in total. The minimum atomic E-state index is -3.75. The first-order valence-corrected chi connectivity index (χ1v) is 9.89. The number of hydrogen-bond acceptors (Lipinski definition) is 5. The molecule has 3 aromatic rings. The van der Waals surface area contributed by atoms with E-state index in [-0.39, 0.29) is 10.8 Å². The SMILES string of the molecule is CC(=O)Nc1nc2c(C)cc(NS(=O)(=O)c3cccc(Cl)c3)cc2s1. The number of hydrogen-bond donors (Lipinski definition) is 2. The van der Waals surface area contributed by atoms with Crippen molar-refractivity contribution in [1.82, 2.24) is 4.98 Å². The highest BCUT2D eigenvalue weighted by atomic mass is 35.5. The van der Waals surface area contributed by atoms with Crippen LogP contribution in [0.25, 0.3) is 10.2 Å². The molecule has 3 rings (SSSR count). The Labute approximate surface area is 153 Å². The van der Waals surface area contributed by atoms with E-state index >= 15 is 0 Å². The summed E-state index contributed by atoms with van der Waals surface area (Å²) in [6, 6.07) is 9.43. The third kappa shape index (κ3) is 3.92. The van der Waals surface area contributed by atoms with Gasteiger partial charge in [-0.1, -0.05) is 29.0 Å². The van der Waals surface area contributed by atoms with Crippen molar-refractivity contribution < 1.29 is 13.2 Å². The Morgan fingerprint density at radius 1 is 1.24 bits per heavy atom. The average Bonchev–Trinajstić information content (AvgIpc) is 2.89. The van der Waals surface area contributed by atoms with Crippen LogP contribution in [0, 0.1) is 6.92 Å². The molecule has 0 aliphatic rings. The van der Waals surface area contributed by atoms with Crippen molar-refractivity contribution in [2.75, 3.05) is 10.0 Å². The maximum absolute atomic E-state index is 12.5. The molecule has 0 aliphatic heterocycles. The molecule has 0 bridgehead atoms. The van der Waals surface area contributed by atoms with Gasteiger partial charge in [0.05, 0.1) is 20.8 Å². The molecule has 0 fully saturated rings. The lowest BCUT2D eigenvalue weighted by Crippen LogP contribution is -2.12. The standard InChI is InChI=1S/C16H14ClN3O3S2/c1-9-6-12(8-14-15(9)19-16(24-14)18-10(2)21)20-25(22,23)13-5-3-4-11(17)7-13/h3-8,20H,1-2H3,(H,18,19,21). The fraction of sp³-hybridized carbons (Fsp3) is 0.125. The number of nitrogens with one attached hydrogen (secondary N) is 2. The average molecular weight is 396 g/mol. The number of rotatable bonds is 4. The second kappa shape index (κ2) is 6.62. The number of halogens is 1. The summed E-state index contributed by atoms with van der Waals surface area (Å²) in [6.07, 6.45) is 0. The van der Waals surface area contributed by atoms with Crippen LogP contribution >= 0.6 is 22.9 Å². The Hall–Kier alpha value is -2.16. The monoisotopic (exact) mass is 395 g/mol. The highest BCUT2D eigenvalue weighted by Gasteiger charge is 2.16. The summed E-state index contributed by atoms with van der Waals surface area (Å²) in [5, 5.41) is 3.45. The molecule has 0 saturated carbocycles. The summed E-state index contributed by atoms with van der Waals surface area (Å²) >= 11 is 7.15. The molecule has 25 heavy (non-hydrogen) atoms. The van der Waals surface area contributed by atoms with Crippen LogP contribution in [0.4, 0.5) is 10.8 Å². The minimum Gasteiger partial charge on any atom is -0.302 e. The lowest BCUT2D eigenvalue weighted by molar-refractivity contribution is -0.114. The number of benzene rings is 2. The zero-order chi connectivity index (χ0) is 18.2. The van der Waals surface area contributed by atoms with Crippen LogP contribution in [-0.4, -0.2) is 19.3 Å². The van der Waals surface area contributed by atoms with E-state index in [1.54, 1.807) is 24.3 Å². The lowest BCUT2D eigenvalue weighted by Gasteiger charge is -2.09. The van der Waals surface area contributed by atoms with E-state index in [4.69, 9.17) is 11.6 Å². The Morgan fingerprint density at radius 2 is 2.00 bits per heavy atom. The molecule has 0 aliphatic carbocycles. The van der Waals surface area contributed by atoms with Crippen molar-refractivity contribution in [2.24, 2.45) is 0 Å². The largest absolute Gasteiger partial charge is 0.302 e. The lowest BCUT2D eigenvalue weighted by atomic mass is 10.2. The molecule has 9 heteroatoms. The van der Waals surface area contributed by atoms with Crippen LogP contribution in [0.2, 0.25) is 5.02 Å². The van der Waals surface area contributed by atoms with Gasteiger partial charge in [-0.15, -0.1) is 0 Å². The number of sulfonamides is 1. The van der Waals surface area contributed by atoms with E-state index in [1.165, 1.54) is 30.4 Å². The van der Waals surface area contributed by atoms with Gasteiger partial charge in [0.2, 0.25) is 5.91 Å². The van der Waals surface area contributed by atoms with Gasteiger partial charge in [0.15, 0.2) is 5.13 Å². The topological polar surface area (TPSA) is 88.2 Å². The summed E-state index contributed by atoms with van der Waals surface area (Å²) in [4.78, 5) is 15.6. The molecule has 6 nitrogen and oxygen atoms in total. The van der Waals surface area contributed by atoms with Gasteiger partial charge >= 0.3 is 0 Å². The van der Waals surface area contributed by atoms with E-state index in [0.29, 0.717) is 15.8 Å². The molecule has 1 aromatic heterocycles. The Bertz CT molecular complexity index is 1080. The molecule has 0 spiro atoms. The predicted molar refractivity (Wildman–Crippen MR) is 101 cm³/mol. The van der Waals surface area contributed by atoms with Gasteiger partial charge in [0.1, 0.15) is 0 Å². The summed E-state index contributed by atoms with van der Waals surface area (Å²) in [6.45, 7) is 3.24. The number of anilines is 2. The molecule has 1 amide bonds. The minimum absolute atomic E-state index is 0.0842. The summed E-state index contributed by atoms with van der Waals surface area (Å²) in [5.74, 6) is -0.210. The van der Waals surface area contributed by atoms with Crippen molar-refractivity contribution in [1.29, 1.82) is 0 Å². The fourth-order valence-electron chi connectivity index (χ4n) is 2.31. The number of nitrogens with zero attached hydrogens (tertiary/aromatic N) is 1. The molecule has 0 radical (unpaired) electrons. The molecule has 0 atom stereocenters. The molecule has 1 heterocycles. The second-order valence-electron chi connectivity index (χ2n) is 5.40. The Morgan fingerprint density at radius 3 is 2.68 bits per heavy atom. The van der Waals surface area contributed by atoms with E-state index in [9.17, 15) is 13.2 Å². The number of fused-ring (bicyclic) bond motifs is 1. The molecular weight excluding hydrogens is 382 g/mol. The number of carbonyl (C=O) groups excluding carboxylic acids is 1.